The molecule has 32 heavy (non-hydrogen) atoms. The molecule has 1 aromatic heterocycles. The molecule has 0 aliphatic heterocycles. The van der Waals surface area contributed by atoms with E-state index in [1.807, 2.05) is 31.1 Å². The number of carbonyl (C=O) groups is 1. The predicted octanol–water partition coefficient (Wildman–Crippen LogP) is 3.84. The highest BCUT2D eigenvalue weighted by Gasteiger charge is 2.26. The van der Waals surface area contributed by atoms with Crippen LogP contribution in [0.15, 0.2) is 76.2 Å². The molecular weight excluding hydrogens is 426 g/mol. The molecule has 3 aromatic rings. The Kier molecular flexibility index (Phi) is 7.37. The van der Waals surface area contributed by atoms with Crippen molar-refractivity contribution in [3.05, 3.63) is 83.8 Å². The molecule has 3 rings (SSSR count). The molecule has 8 heteroatoms. The fourth-order valence-corrected chi connectivity index (χ4v) is 5.26. The van der Waals surface area contributed by atoms with E-state index in [1.54, 1.807) is 62.6 Å². The summed E-state index contributed by atoms with van der Waals surface area (Å²) in [4.78, 5) is 14.9. The molecule has 1 amide bonds. The first-order chi connectivity index (χ1) is 15.3. The quantitative estimate of drug-likeness (QED) is 0.530. The summed E-state index contributed by atoms with van der Waals surface area (Å²) in [7, 11) is -0.0377. The molecule has 0 saturated heterocycles. The van der Waals surface area contributed by atoms with Gasteiger partial charge in [-0.1, -0.05) is 24.3 Å². The van der Waals surface area contributed by atoms with Gasteiger partial charge in [0.15, 0.2) is 0 Å². The highest BCUT2D eigenvalue weighted by atomic mass is 32.2. The largest absolute Gasteiger partial charge is 0.468 e. The van der Waals surface area contributed by atoms with Crippen LogP contribution in [0.4, 0.5) is 5.69 Å². The van der Waals surface area contributed by atoms with Crippen LogP contribution in [0, 0.1) is 6.92 Å². The lowest BCUT2D eigenvalue weighted by molar-refractivity contribution is 0.0939. The number of rotatable bonds is 9. The molecule has 1 heterocycles. The number of para-hydroxylation sites is 1. The highest BCUT2D eigenvalue weighted by molar-refractivity contribution is 7.92. The summed E-state index contributed by atoms with van der Waals surface area (Å²) in [6.45, 7) is 4.11. The summed E-state index contributed by atoms with van der Waals surface area (Å²) in [5.41, 5.74) is 1.45. The summed E-state index contributed by atoms with van der Waals surface area (Å²) in [5.74, 6) is 0.395. The number of likely N-dealkylation sites (N-methyl/N-ethyl adjacent to an activating group) is 1. The molecule has 170 valence electrons. The number of carbonyl (C=O) groups excluding carboxylic acids is 1. The van der Waals surface area contributed by atoms with E-state index >= 15 is 0 Å². The van der Waals surface area contributed by atoms with Crippen molar-refractivity contribution in [2.45, 2.75) is 24.8 Å². The second-order valence-corrected chi connectivity index (χ2v) is 9.52. The van der Waals surface area contributed by atoms with Crippen LogP contribution in [0.2, 0.25) is 0 Å². The zero-order valence-corrected chi connectivity index (χ0v) is 19.6. The number of nitrogens with zero attached hydrogens (tertiary/aromatic N) is 2. The molecule has 0 unspecified atom stereocenters. The summed E-state index contributed by atoms with van der Waals surface area (Å²) in [5, 5.41) is 2.89. The van der Waals surface area contributed by atoms with Gasteiger partial charge in [0.1, 0.15) is 5.76 Å². The van der Waals surface area contributed by atoms with Gasteiger partial charge in [-0.05, 0) is 69.9 Å². The molecule has 0 fully saturated rings. The molecule has 0 aliphatic rings. The predicted molar refractivity (Wildman–Crippen MR) is 125 cm³/mol. The number of amides is 1. The number of furan rings is 1. The van der Waals surface area contributed by atoms with E-state index < -0.39 is 10.0 Å². The maximum atomic E-state index is 13.4. The average Bonchev–Trinajstić information content (AvgIpc) is 3.29. The minimum absolute atomic E-state index is 0.117. The van der Waals surface area contributed by atoms with E-state index in [9.17, 15) is 13.2 Å². The number of hydrogen-bond donors (Lipinski definition) is 1. The lowest BCUT2D eigenvalue weighted by atomic mass is 10.1. The third-order valence-electron chi connectivity index (χ3n) is 5.30. The van der Waals surface area contributed by atoms with Crippen LogP contribution in [-0.2, 0) is 10.0 Å². The van der Waals surface area contributed by atoms with Gasteiger partial charge in [-0.3, -0.25) is 14.0 Å². The van der Waals surface area contributed by atoms with Gasteiger partial charge in [-0.25, -0.2) is 8.42 Å². The minimum atomic E-state index is -3.84. The van der Waals surface area contributed by atoms with Crippen molar-refractivity contribution in [1.82, 2.24) is 10.2 Å². The Labute approximate surface area is 189 Å². The second kappa shape index (κ2) is 10.0. The maximum absolute atomic E-state index is 13.4. The number of benzene rings is 2. The third kappa shape index (κ3) is 5.03. The number of nitrogens with one attached hydrogen (secondary N) is 1. The first-order valence-corrected chi connectivity index (χ1v) is 11.9. The van der Waals surface area contributed by atoms with Crippen LogP contribution in [0.5, 0.6) is 0 Å². The minimum Gasteiger partial charge on any atom is -0.468 e. The average molecular weight is 456 g/mol. The smallest absolute Gasteiger partial charge is 0.264 e. The van der Waals surface area contributed by atoms with E-state index in [-0.39, 0.29) is 29.0 Å². The third-order valence-corrected chi connectivity index (χ3v) is 7.35. The van der Waals surface area contributed by atoms with Gasteiger partial charge in [0, 0.05) is 18.7 Å². The highest BCUT2D eigenvalue weighted by Crippen LogP contribution is 2.26. The molecule has 0 radical (unpaired) electrons. The van der Waals surface area contributed by atoms with Crippen LogP contribution in [0.25, 0.3) is 0 Å². The Morgan fingerprint density at radius 2 is 1.78 bits per heavy atom. The standard InChI is InChI=1S/C24H29N3O4S/c1-5-27(20-10-7-6-8-11-20)32(29,30)23-16-19(14-13-18(23)2)24(28)25-17-21(26(3)4)22-12-9-15-31-22/h6-16,21H,5,17H2,1-4H3,(H,25,28)/t21-/m1/s1. The number of aryl methyl sites for hydroxylation is 1. The topological polar surface area (TPSA) is 82.9 Å². The van der Waals surface area contributed by atoms with Crippen molar-refractivity contribution >= 4 is 21.6 Å². The zero-order valence-electron chi connectivity index (χ0n) is 18.8. The number of anilines is 1. The van der Waals surface area contributed by atoms with Gasteiger partial charge >= 0.3 is 0 Å². The Morgan fingerprint density at radius 1 is 1.06 bits per heavy atom. The molecule has 2 aromatic carbocycles. The molecule has 0 bridgehead atoms. The zero-order chi connectivity index (χ0) is 23.3. The first-order valence-electron chi connectivity index (χ1n) is 10.4. The summed E-state index contributed by atoms with van der Waals surface area (Å²) >= 11 is 0. The SMILES string of the molecule is CCN(c1ccccc1)S(=O)(=O)c1cc(C(=O)NC[C@H](c2ccco2)N(C)C)ccc1C. The molecule has 1 atom stereocenters. The molecule has 0 saturated carbocycles. The lowest BCUT2D eigenvalue weighted by Crippen LogP contribution is -2.35. The fourth-order valence-electron chi connectivity index (χ4n) is 3.53. The van der Waals surface area contributed by atoms with Crippen molar-refractivity contribution in [3.8, 4) is 0 Å². The summed E-state index contributed by atoms with van der Waals surface area (Å²) in [6, 6.07) is 17.2. The van der Waals surface area contributed by atoms with Crippen molar-refractivity contribution in [1.29, 1.82) is 0 Å². The van der Waals surface area contributed by atoms with Gasteiger partial charge < -0.3 is 9.73 Å². The summed E-state index contributed by atoms with van der Waals surface area (Å²) in [6.07, 6.45) is 1.59. The molecule has 7 nitrogen and oxygen atoms in total. The van der Waals surface area contributed by atoms with Crippen molar-refractivity contribution in [2.75, 3.05) is 31.5 Å². The van der Waals surface area contributed by atoms with Crippen molar-refractivity contribution in [2.24, 2.45) is 0 Å². The molecule has 1 N–H and O–H groups in total. The Morgan fingerprint density at radius 3 is 2.38 bits per heavy atom. The van der Waals surface area contributed by atoms with E-state index in [0.717, 1.165) is 5.76 Å². The van der Waals surface area contributed by atoms with Crippen LogP contribution in [0.3, 0.4) is 0 Å². The van der Waals surface area contributed by atoms with Gasteiger partial charge in [-0.2, -0.15) is 0 Å². The van der Waals surface area contributed by atoms with Gasteiger partial charge in [0.05, 0.1) is 22.9 Å². The van der Waals surface area contributed by atoms with Gasteiger partial charge in [0.25, 0.3) is 15.9 Å². The van der Waals surface area contributed by atoms with E-state index in [1.165, 1.54) is 10.4 Å². The van der Waals surface area contributed by atoms with Crippen molar-refractivity contribution in [3.63, 3.8) is 0 Å². The molecular formula is C24H29N3O4S. The Balaban J connectivity index is 1.85. The first kappa shape index (κ1) is 23.6. The maximum Gasteiger partial charge on any atom is 0.264 e. The van der Waals surface area contributed by atoms with E-state index in [4.69, 9.17) is 4.42 Å². The monoisotopic (exact) mass is 455 g/mol. The molecule has 0 spiro atoms. The van der Waals surface area contributed by atoms with Crippen LogP contribution < -0.4 is 9.62 Å². The van der Waals surface area contributed by atoms with Crippen LogP contribution in [-0.4, -0.2) is 46.4 Å². The normalized spacial score (nSPS) is 12.5. The lowest BCUT2D eigenvalue weighted by Gasteiger charge is -2.24. The van der Waals surface area contributed by atoms with Crippen molar-refractivity contribution < 1.29 is 17.6 Å². The Bertz CT molecular complexity index is 1140. The second-order valence-electron chi connectivity index (χ2n) is 7.69. The van der Waals surface area contributed by atoms with E-state index in [2.05, 4.69) is 5.32 Å². The number of hydrogen-bond acceptors (Lipinski definition) is 5. The molecule has 0 aliphatic carbocycles. The Hall–Kier alpha value is -3.10. The fraction of sp³-hybridized carbons (Fsp3) is 0.292. The van der Waals surface area contributed by atoms with Gasteiger partial charge in [0.2, 0.25) is 0 Å². The van der Waals surface area contributed by atoms with E-state index in [0.29, 0.717) is 17.8 Å². The summed E-state index contributed by atoms with van der Waals surface area (Å²) < 4.78 is 33.7. The van der Waals surface area contributed by atoms with Gasteiger partial charge in [-0.15, -0.1) is 0 Å². The van der Waals surface area contributed by atoms with Crippen LogP contribution >= 0.6 is 0 Å². The number of sulfonamides is 1. The van der Waals surface area contributed by atoms with Crippen LogP contribution in [0.1, 0.15) is 34.6 Å².